The molecular weight excluding hydrogens is 570 g/mol. The minimum atomic E-state index is -2.95. The topological polar surface area (TPSA) is 225 Å². The Morgan fingerprint density at radius 1 is 1.29 bits per heavy atom. The number of benzene rings is 1. The van der Waals surface area contributed by atoms with E-state index in [2.05, 4.69) is 10.2 Å². The molecule has 1 amide bonds. The summed E-state index contributed by atoms with van der Waals surface area (Å²) in [4.78, 5) is 61.1. The molecule has 19 heteroatoms. The number of nitrogens with one attached hydrogen (secondary N) is 1. The lowest BCUT2D eigenvalue weighted by molar-refractivity contribution is -0.384. The van der Waals surface area contributed by atoms with Crippen molar-refractivity contribution in [3.8, 4) is 10.6 Å². The number of rotatable bonds is 11. The van der Waals surface area contributed by atoms with Crippen molar-refractivity contribution in [2.24, 2.45) is 0 Å². The molecule has 1 atom stereocenters. The minimum absolute atomic E-state index is 0.0186. The molecule has 2 aromatic heterocycles. The highest BCUT2D eigenvalue weighted by Crippen LogP contribution is 2.36. The highest BCUT2D eigenvalue weighted by atomic mass is 35.5. The Kier molecular flexibility index (Phi) is 9.04. The summed E-state index contributed by atoms with van der Waals surface area (Å²) in [6, 6.07) is 3.82. The second-order valence-electron chi connectivity index (χ2n) is 7.54. The lowest BCUT2D eigenvalue weighted by atomic mass is 10.2. The Balaban J connectivity index is 1.83. The quantitative estimate of drug-likeness (QED) is 0.174. The fourth-order valence-corrected chi connectivity index (χ4v) is 4.81. The number of carbonyl (C=O) groups excluding carboxylic acids is 1. The van der Waals surface area contributed by atoms with Crippen LogP contribution in [0.4, 0.5) is 10.8 Å². The molecule has 3 rings (SSSR count). The number of aliphatic carboxylic acids is 1. The zero-order valence-electron chi connectivity index (χ0n) is 19.2. The number of carboxylic acids is 1. The molecule has 0 aliphatic heterocycles. The van der Waals surface area contributed by atoms with Gasteiger partial charge in [0.15, 0.2) is 5.01 Å². The summed E-state index contributed by atoms with van der Waals surface area (Å²) < 4.78 is 25.4. The number of carboxylic acid groups (broad SMARTS) is 1. The summed E-state index contributed by atoms with van der Waals surface area (Å²) in [5.41, 5.74) is -1.72. The van der Waals surface area contributed by atoms with Gasteiger partial charge in [-0.15, -0.1) is 10.2 Å². The molecule has 0 saturated heterocycles. The summed E-state index contributed by atoms with van der Waals surface area (Å²) in [5.74, 6) is -2.24. The summed E-state index contributed by atoms with van der Waals surface area (Å²) in [6.45, 7) is -0.899. The molecule has 0 saturated carbocycles. The van der Waals surface area contributed by atoms with Crippen LogP contribution >= 0.6 is 22.9 Å². The molecule has 38 heavy (non-hydrogen) atoms. The van der Waals surface area contributed by atoms with Gasteiger partial charge in [0.05, 0.1) is 17.0 Å². The Morgan fingerprint density at radius 2 is 2.00 bits per heavy atom. The van der Waals surface area contributed by atoms with Gasteiger partial charge in [-0.2, -0.15) is 0 Å². The number of H-pyrrole nitrogens is 1. The number of aryl methyl sites for hydroxylation is 1. The molecule has 0 aliphatic carbocycles. The van der Waals surface area contributed by atoms with Crippen molar-refractivity contribution in [1.29, 1.82) is 0 Å². The van der Waals surface area contributed by atoms with E-state index < -0.39 is 65.5 Å². The number of halogens is 1. The highest BCUT2D eigenvalue weighted by molar-refractivity contribution is 7.80. The standard InChI is InChI=1S/C19H18ClN7O9S2/c1-10-7-25(18(32)21-16(10)31)8-14(28)24(9-15(29)30)4-5-26(38(35)36)19-23-22-17(37-19)12-3-2-11(20)6-13(12)27(33)34/h2-3,6-7H,4-5,8-9H2,1H3,(H,29,30)(H,35,36)(H,21,31,32)/p-1. The smallest absolute Gasteiger partial charge is 0.328 e. The maximum atomic E-state index is 12.8. The van der Waals surface area contributed by atoms with Crippen LogP contribution in [0.5, 0.6) is 0 Å². The van der Waals surface area contributed by atoms with Gasteiger partial charge in [0.1, 0.15) is 13.1 Å². The molecule has 1 aromatic carbocycles. The number of nitro benzene ring substituents is 1. The second kappa shape index (κ2) is 12.0. The van der Waals surface area contributed by atoms with Gasteiger partial charge in [-0.3, -0.25) is 42.6 Å². The molecule has 0 bridgehead atoms. The molecule has 1 unspecified atom stereocenters. The fraction of sp³-hybridized carbons (Fsp3) is 0.263. The number of nitro groups is 1. The predicted octanol–water partition coefficient (Wildman–Crippen LogP) is 0.139. The Bertz CT molecular complexity index is 1540. The summed E-state index contributed by atoms with van der Waals surface area (Å²) >= 11 is 3.57. The van der Waals surface area contributed by atoms with Crippen molar-refractivity contribution >= 4 is 56.9 Å². The molecule has 202 valence electrons. The van der Waals surface area contributed by atoms with E-state index in [1.54, 1.807) is 0 Å². The van der Waals surface area contributed by atoms with E-state index >= 15 is 0 Å². The number of aromatic amines is 1. The van der Waals surface area contributed by atoms with E-state index in [-0.39, 0.29) is 32.0 Å². The number of hydrogen-bond acceptors (Lipinski definition) is 11. The molecule has 0 spiro atoms. The first kappa shape index (κ1) is 28.6. The third-order valence-corrected chi connectivity index (χ3v) is 6.99. The summed E-state index contributed by atoms with van der Waals surface area (Å²) in [5, 5.41) is 28.1. The second-order valence-corrected chi connectivity index (χ2v) is 9.80. The molecule has 0 fully saturated rings. The first-order valence-corrected chi connectivity index (χ1v) is 12.5. The molecule has 3 aromatic rings. The van der Waals surface area contributed by atoms with Crippen LogP contribution in [0.25, 0.3) is 10.6 Å². The van der Waals surface area contributed by atoms with Crippen molar-refractivity contribution in [1.82, 2.24) is 24.6 Å². The number of carbonyl (C=O) groups is 2. The number of anilines is 1. The number of amides is 1. The lowest BCUT2D eigenvalue weighted by Gasteiger charge is -2.27. The zero-order valence-corrected chi connectivity index (χ0v) is 21.6. The van der Waals surface area contributed by atoms with Gasteiger partial charge in [0.2, 0.25) is 11.0 Å². The van der Waals surface area contributed by atoms with Crippen molar-refractivity contribution < 1.29 is 28.4 Å². The Labute approximate surface area is 223 Å². The average Bonchev–Trinajstić information content (AvgIpc) is 3.30. The molecule has 0 aliphatic rings. The van der Waals surface area contributed by atoms with Crippen LogP contribution in [-0.2, 0) is 27.4 Å². The lowest BCUT2D eigenvalue weighted by Crippen LogP contribution is -2.44. The van der Waals surface area contributed by atoms with Gasteiger partial charge in [0, 0.05) is 40.7 Å². The molecular formula is C19H17ClN7O9S2-. The van der Waals surface area contributed by atoms with E-state index in [9.17, 15) is 43.2 Å². The van der Waals surface area contributed by atoms with Crippen molar-refractivity contribution in [3.05, 3.63) is 65.9 Å². The van der Waals surface area contributed by atoms with Crippen LogP contribution < -0.4 is 15.6 Å². The van der Waals surface area contributed by atoms with Crippen LogP contribution in [0.2, 0.25) is 5.02 Å². The van der Waals surface area contributed by atoms with Crippen LogP contribution in [0.15, 0.2) is 34.0 Å². The SMILES string of the molecule is Cc1cn(CC(=O)N(CCN(c2nnc(-c3ccc(Cl)cc3[N+](=O)[O-])s2)S(=O)[O-])CC(=O)O)c(=O)[nH]c1=O. The largest absolute Gasteiger partial charge is 0.755 e. The van der Waals surface area contributed by atoms with Gasteiger partial charge < -0.3 is 14.6 Å². The Morgan fingerprint density at radius 3 is 2.63 bits per heavy atom. The maximum Gasteiger partial charge on any atom is 0.328 e. The van der Waals surface area contributed by atoms with Gasteiger partial charge >= 0.3 is 11.7 Å². The minimum Gasteiger partial charge on any atom is -0.755 e. The third-order valence-electron chi connectivity index (χ3n) is 4.94. The number of nitrogens with zero attached hydrogens (tertiary/aromatic N) is 6. The molecule has 0 radical (unpaired) electrons. The van der Waals surface area contributed by atoms with E-state index in [1.807, 2.05) is 4.98 Å². The molecule has 2 N–H and O–H groups in total. The Hall–Kier alpha value is -4.00. The van der Waals surface area contributed by atoms with Gasteiger partial charge in [-0.1, -0.05) is 22.9 Å². The van der Waals surface area contributed by atoms with Gasteiger partial charge in [-0.05, 0) is 19.1 Å². The van der Waals surface area contributed by atoms with E-state index in [0.717, 1.165) is 21.7 Å². The average molecular weight is 587 g/mol. The van der Waals surface area contributed by atoms with E-state index in [4.69, 9.17) is 11.6 Å². The predicted molar refractivity (Wildman–Crippen MR) is 134 cm³/mol. The zero-order chi connectivity index (χ0) is 28.1. The van der Waals surface area contributed by atoms with Crippen LogP contribution in [0.1, 0.15) is 5.56 Å². The summed E-state index contributed by atoms with van der Waals surface area (Å²) in [6.07, 6.45) is 1.13. The fourth-order valence-electron chi connectivity index (χ4n) is 3.14. The van der Waals surface area contributed by atoms with E-state index in [1.165, 1.54) is 19.1 Å². The van der Waals surface area contributed by atoms with Crippen LogP contribution in [0.3, 0.4) is 0 Å². The highest BCUT2D eigenvalue weighted by Gasteiger charge is 2.24. The van der Waals surface area contributed by atoms with Crippen molar-refractivity contribution in [3.63, 3.8) is 0 Å². The normalized spacial score (nSPS) is 11.7. The van der Waals surface area contributed by atoms with Gasteiger partial charge in [-0.25, -0.2) is 4.79 Å². The van der Waals surface area contributed by atoms with Crippen LogP contribution in [0, 0.1) is 17.0 Å². The molecule has 16 nitrogen and oxygen atoms in total. The summed E-state index contributed by atoms with van der Waals surface area (Å²) in [7, 11) is 0. The van der Waals surface area contributed by atoms with Gasteiger partial charge in [0.25, 0.3) is 11.2 Å². The molecule has 2 heterocycles. The third kappa shape index (κ3) is 6.85. The monoisotopic (exact) mass is 586 g/mol. The number of hydrogen-bond donors (Lipinski definition) is 2. The number of aromatic nitrogens is 4. The first-order chi connectivity index (χ1) is 17.9. The maximum absolute atomic E-state index is 12.8. The van der Waals surface area contributed by atoms with Crippen molar-refractivity contribution in [2.75, 3.05) is 23.9 Å². The first-order valence-electron chi connectivity index (χ1n) is 10.3. The van der Waals surface area contributed by atoms with Crippen molar-refractivity contribution in [2.45, 2.75) is 13.5 Å². The van der Waals surface area contributed by atoms with Crippen LogP contribution in [-0.4, -0.2) is 75.0 Å². The van der Waals surface area contributed by atoms with E-state index in [0.29, 0.717) is 15.6 Å².